The summed E-state index contributed by atoms with van der Waals surface area (Å²) < 4.78 is 0. The molecule has 0 aliphatic carbocycles. The summed E-state index contributed by atoms with van der Waals surface area (Å²) in [6.07, 6.45) is 0. The van der Waals surface area contributed by atoms with E-state index in [2.05, 4.69) is 0 Å². The van der Waals surface area contributed by atoms with E-state index in [0.717, 1.165) is 0 Å². The number of hydrogen-bond donors (Lipinski definition) is 3. The van der Waals surface area contributed by atoms with Crippen LogP contribution in [0.2, 0.25) is 0 Å². The van der Waals surface area contributed by atoms with Gasteiger partial charge in [0.05, 0.1) is 0 Å². The van der Waals surface area contributed by atoms with Crippen LogP contribution in [-0.4, -0.2) is 92.3 Å². The average molecular weight is 196 g/mol. The minimum atomic E-state index is -2.36. The molecule has 6 nitrogen and oxygen atoms in total. The molecule has 0 spiro atoms. The molecule has 8 heteroatoms. The summed E-state index contributed by atoms with van der Waals surface area (Å²) in [5, 5.41) is 23.9. The summed E-state index contributed by atoms with van der Waals surface area (Å²) in [6.45, 7) is 0. The van der Waals surface area contributed by atoms with Gasteiger partial charge in [-0.25, -0.2) is 0 Å². The van der Waals surface area contributed by atoms with E-state index in [0.29, 0.717) is 0 Å². The molecule has 0 heterocycles. The van der Waals surface area contributed by atoms with Crippen molar-refractivity contribution in [2.45, 2.75) is 0 Å². The van der Waals surface area contributed by atoms with Crippen LogP contribution in [0, 0.1) is 5.92 Å². The van der Waals surface area contributed by atoms with Crippen LogP contribution in [0.3, 0.4) is 0 Å². The summed E-state index contributed by atoms with van der Waals surface area (Å²) >= 11 is 0. The first-order valence-corrected chi connectivity index (χ1v) is 2.15. The monoisotopic (exact) mass is 196 g/mol. The van der Waals surface area contributed by atoms with E-state index in [-0.39, 0.29) is 59.1 Å². The molecule has 0 saturated carbocycles. The average Bonchev–Trinajstić information content (AvgIpc) is 1.59. The van der Waals surface area contributed by atoms with Gasteiger partial charge in [0.2, 0.25) is 5.92 Å². The van der Waals surface area contributed by atoms with E-state index in [1.165, 1.54) is 0 Å². The second-order valence-electron chi connectivity index (χ2n) is 1.45. The van der Waals surface area contributed by atoms with Gasteiger partial charge in [-0.1, -0.05) is 0 Å². The molecular weight excluding hydrogens is 190 g/mol. The molecule has 3 N–H and O–H groups in total. The molecule has 0 aliphatic heterocycles. The van der Waals surface area contributed by atoms with Gasteiger partial charge in [-0.15, -0.1) is 0 Å². The summed E-state index contributed by atoms with van der Waals surface area (Å²) in [5.74, 6) is -7.99. The Kier molecular flexibility index (Phi) is 12.2. The van der Waals surface area contributed by atoms with E-state index in [1.54, 1.807) is 0 Å². The van der Waals surface area contributed by atoms with Crippen LogP contribution in [0.15, 0.2) is 0 Å². The zero-order valence-corrected chi connectivity index (χ0v) is 4.64. The summed E-state index contributed by atoms with van der Waals surface area (Å²) in [6, 6.07) is 0. The molecule has 0 fully saturated rings. The molecule has 0 aliphatic rings. The zero-order chi connectivity index (χ0) is 8.31. The molecule has 0 rings (SSSR count). The SMILES string of the molecule is O=C(O)C(C(=O)O)C(=O)O.[NaH].[NaH]. The zero-order valence-electron chi connectivity index (χ0n) is 4.64. The van der Waals surface area contributed by atoms with Crippen molar-refractivity contribution in [2.75, 3.05) is 0 Å². The Morgan fingerprint density at radius 2 is 0.917 bits per heavy atom. The Morgan fingerprint density at radius 3 is 0.917 bits per heavy atom. The Bertz CT molecular complexity index is 157. The van der Waals surface area contributed by atoms with Crippen molar-refractivity contribution in [3.63, 3.8) is 0 Å². The van der Waals surface area contributed by atoms with Crippen molar-refractivity contribution in [2.24, 2.45) is 5.92 Å². The van der Waals surface area contributed by atoms with Crippen molar-refractivity contribution in [3.05, 3.63) is 0 Å². The second-order valence-corrected chi connectivity index (χ2v) is 1.45. The van der Waals surface area contributed by atoms with Crippen LogP contribution in [0.5, 0.6) is 0 Å². The molecule has 0 radical (unpaired) electrons. The summed E-state index contributed by atoms with van der Waals surface area (Å²) in [5.41, 5.74) is 0. The standard InChI is InChI=1S/C4H4O6.2Na.2H/c5-2(6)1(3(7)8)4(9)10;;;;/h1H,(H,5,6)(H,7,8)(H,9,10);;;;. The van der Waals surface area contributed by atoms with Gasteiger partial charge in [-0.3, -0.25) is 14.4 Å². The molecule has 0 aromatic carbocycles. The molecule has 0 atom stereocenters. The Hall–Kier alpha value is 0.410. The molecule has 0 aromatic rings. The molecule has 0 aromatic heterocycles. The van der Waals surface area contributed by atoms with Gasteiger partial charge in [-0.05, 0) is 0 Å². The van der Waals surface area contributed by atoms with Crippen LogP contribution >= 0.6 is 0 Å². The van der Waals surface area contributed by atoms with Crippen molar-refractivity contribution in [3.8, 4) is 0 Å². The first-order valence-electron chi connectivity index (χ1n) is 2.15. The van der Waals surface area contributed by atoms with Gasteiger partial charge >= 0.3 is 77.0 Å². The molecular formula is C4H6Na2O6. The number of carbonyl (C=O) groups is 3. The van der Waals surface area contributed by atoms with Gasteiger partial charge in [-0.2, -0.15) is 0 Å². The fourth-order valence-corrected chi connectivity index (χ4v) is 0.317. The van der Waals surface area contributed by atoms with Gasteiger partial charge in [0.15, 0.2) is 0 Å². The number of carboxylic acids is 3. The van der Waals surface area contributed by atoms with Crippen LogP contribution in [0.25, 0.3) is 0 Å². The first-order chi connectivity index (χ1) is 4.46. The molecule has 0 amide bonds. The topological polar surface area (TPSA) is 112 Å². The molecule has 60 valence electrons. The fraction of sp³-hybridized carbons (Fsp3) is 0.250. The molecule has 0 saturated heterocycles. The summed E-state index contributed by atoms with van der Waals surface area (Å²) in [4.78, 5) is 29.5. The number of carboxylic acid groups (broad SMARTS) is 3. The predicted molar refractivity (Wildman–Crippen MR) is 40.7 cm³/mol. The van der Waals surface area contributed by atoms with E-state index >= 15 is 0 Å². The fourth-order valence-electron chi connectivity index (χ4n) is 0.317. The van der Waals surface area contributed by atoms with Crippen molar-refractivity contribution >= 4 is 77.0 Å². The van der Waals surface area contributed by atoms with Gasteiger partial charge in [0.1, 0.15) is 0 Å². The van der Waals surface area contributed by atoms with E-state index in [9.17, 15) is 14.4 Å². The van der Waals surface area contributed by atoms with Gasteiger partial charge < -0.3 is 15.3 Å². The maximum atomic E-state index is 9.82. The molecule has 0 unspecified atom stereocenters. The Labute approximate surface area is 112 Å². The number of rotatable bonds is 3. The third-order valence-electron chi connectivity index (χ3n) is 0.741. The third kappa shape index (κ3) is 5.99. The molecule has 12 heavy (non-hydrogen) atoms. The van der Waals surface area contributed by atoms with Crippen LogP contribution in [0.1, 0.15) is 0 Å². The van der Waals surface area contributed by atoms with Crippen LogP contribution < -0.4 is 0 Å². The van der Waals surface area contributed by atoms with Crippen LogP contribution in [0.4, 0.5) is 0 Å². The van der Waals surface area contributed by atoms with Gasteiger partial charge in [0, 0.05) is 0 Å². The minimum absolute atomic E-state index is 0. The van der Waals surface area contributed by atoms with E-state index in [4.69, 9.17) is 15.3 Å². The Morgan fingerprint density at radius 1 is 0.750 bits per heavy atom. The second kappa shape index (κ2) is 8.03. The van der Waals surface area contributed by atoms with Crippen molar-refractivity contribution < 1.29 is 29.7 Å². The maximum absolute atomic E-state index is 9.82. The molecule has 0 bridgehead atoms. The van der Waals surface area contributed by atoms with E-state index in [1.807, 2.05) is 0 Å². The van der Waals surface area contributed by atoms with Gasteiger partial charge in [0.25, 0.3) is 0 Å². The third-order valence-corrected chi connectivity index (χ3v) is 0.741. The predicted octanol–water partition coefficient (Wildman–Crippen LogP) is -2.44. The normalized spacial score (nSPS) is 7.75. The summed E-state index contributed by atoms with van der Waals surface area (Å²) in [7, 11) is 0. The van der Waals surface area contributed by atoms with E-state index < -0.39 is 23.8 Å². The number of hydrogen-bond acceptors (Lipinski definition) is 3. The van der Waals surface area contributed by atoms with Crippen LogP contribution in [-0.2, 0) is 14.4 Å². The quantitative estimate of drug-likeness (QED) is 0.341. The Balaban J connectivity index is -0.000000405. The van der Waals surface area contributed by atoms with Crippen molar-refractivity contribution in [1.82, 2.24) is 0 Å². The first kappa shape index (κ1) is 18.2. The number of aliphatic carboxylic acids is 3. The van der Waals surface area contributed by atoms with Crippen molar-refractivity contribution in [1.29, 1.82) is 0 Å².